The Kier molecular flexibility index (Phi) is 3.52. The van der Waals surface area contributed by atoms with Gasteiger partial charge in [-0.05, 0) is 19.1 Å². The molecule has 1 atom stereocenters. The van der Waals surface area contributed by atoms with Crippen LogP contribution in [0.15, 0.2) is 41.2 Å². The van der Waals surface area contributed by atoms with Gasteiger partial charge in [0, 0.05) is 24.8 Å². The molecule has 0 radical (unpaired) electrons. The fourth-order valence-electron chi connectivity index (χ4n) is 2.47. The van der Waals surface area contributed by atoms with E-state index in [0.29, 0.717) is 24.7 Å². The number of nitrogens with zero attached hydrogens (tertiary/aromatic N) is 2. The van der Waals surface area contributed by atoms with E-state index in [9.17, 15) is 4.79 Å². The summed E-state index contributed by atoms with van der Waals surface area (Å²) in [6.45, 7) is 3.97. The molecule has 0 spiro atoms. The molecule has 1 saturated heterocycles. The fraction of sp³-hybridized carbons (Fsp3) is 0.333. The van der Waals surface area contributed by atoms with Crippen molar-refractivity contribution in [1.29, 1.82) is 0 Å². The van der Waals surface area contributed by atoms with Crippen LogP contribution in [0.5, 0.6) is 0 Å². The van der Waals surface area contributed by atoms with Gasteiger partial charge in [0.1, 0.15) is 11.9 Å². The molecular formula is C15H17N3O2. The molecule has 104 valence electrons. The molecule has 5 heteroatoms. The number of benzene rings is 1. The lowest BCUT2D eigenvalue weighted by Crippen LogP contribution is -2.39. The van der Waals surface area contributed by atoms with Crippen LogP contribution in [0, 0.1) is 6.92 Å². The third kappa shape index (κ3) is 2.72. The summed E-state index contributed by atoms with van der Waals surface area (Å²) in [6.07, 6.45) is -0.162. The van der Waals surface area contributed by atoms with Crippen molar-refractivity contribution < 1.29 is 4.74 Å². The largest absolute Gasteiger partial charge is 0.368 e. The van der Waals surface area contributed by atoms with E-state index in [1.54, 1.807) is 6.92 Å². The van der Waals surface area contributed by atoms with Crippen LogP contribution in [-0.2, 0) is 4.74 Å². The van der Waals surface area contributed by atoms with Crippen LogP contribution in [-0.4, -0.2) is 29.7 Å². The van der Waals surface area contributed by atoms with Gasteiger partial charge in [-0.2, -0.15) is 0 Å². The minimum atomic E-state index is -0.162. The molecular weight excluding hydrogens is 254 g/mol. The maximum Gasteiger partial charge on any atom is 0.251 e. The topological polar surface area (TPSA) is 58.2 Å². The number of nitrogens with one attached hydrogen (secondary N) is 1. The van der Waals surface area contributed by atoms with Crippen molar-refractivity contribution in [2.75, 3.05) is 24.6 Å². The Morgan fingerprint density at radius 3 is 2.90 bits per heavy atom. The molecule has 1 aromatic heterocycles. The van der Waals surface area contributed by atoms with Crippen LogP contribution in [0.1, 0.15) is 17.6 Å². The second-order valence-electron chi connectivity index (χ2n) is 4.90. The first-order chi connectivity index (χ1) is 9.72. The molecule has 0 unspecified atom stereocenters. The Hall–Kier alpha value is -2.14. The quantitative estimate of drug-likeness (QED) is 0.902. The van der Waals surface area contributed by atoms with E-state index < -0.39 is 0 Å². The highest BCUT2D eigenvalue weighted by Gasteiger charge is 2.23. The number of para-hydroxylation sites is 1. The standard InChI is InChI=1S/C15H17N3O2/c1-11-16-13(9-15(19)17-11)14-10-18(7-8-20-14)12-5-3-2-4-6-12/h2-6,9,14H,7-8,10H2,1H3,(H,16,17,19)/t14-/m0/s1. The molecule has 0 bridgehead atoms. The zero-order chi connectivity index (χ0) is 13.9. The Morgan fingerprint density at radius 2 is 2.15 bits per heavy atom. The number of rotatable bonds is 2. The smallest absolute Gasteiger partial charge is 0.251 e. The zero-order valence-corrected chi connectivity index (χ0v) is 11.4. The molecule has 1 aliphatic rings. The number of hydrogen-bond acceptors (Lipinski definition) is 4. The highest BCUT2D eigenvalue weighted by Crippen LogP contribution is 2.24. The predicted octanol–water partition coefficient (Wildman–Crippen LogP) is 1.66. The zero-order valence-electron chi connectivity index (χ0n) is 11.4. The van der Waals surface area contributed by atoms with E-state index in [0.717, 1.165) is 6.54 Å². The molecule has 1 N–H and O–H groups in total. The van der Waals surface area contributed by atoms with Crippen molar-refractivity contribution >= 4 is 5.69 Å². The van der Waals surface area contributed by atoms with E-state index in [1.807, 2.05) is 18.2 Å². The Morgan fingerprint density at radius 1 is 1.35 bits per heavy atom. The van der Waals surface area contributed by atoms with E-state index in [-0.39, 0.29) is 11.7 Å². The number of ether oxygens (including phenoxy) is 1. The van der Waals surface area contributed by atoms with Crippen LogP contribution in [0.3, 0.4) is 0 Å². The van der Waals surface area contributed by atoms with Gasteiger partial charge < -0.3 is 14.6 Å². The number of aryl methyl sites for hydroxylation is 1. The first-order valence-electron chi connectivity index (χ1n) is 6.72. The van der Waals surface area contributed by atoms with Gasteiger partial charge in [0.2, 0.25) is 0 Å². The summed E-state index contributed by atoms with van der Waals surface area (Å²) >= 11 is 0. The summed E-state index contributed by atoms with van der Waals surface area (Å²) in [4.78, 5) is 20.8. The molecule has 2 heterocycles. The van der Waals surface area contributed by atoms with E-state index in [2.05, 4.69) is 27.0 Å². The molecule has 0 amide bonds. The molecule has 0 aliphatic carbocycles. The number of anilines is 1. The van der Waals surface area contributed by atoms with Crippen molar-refractivity contribution in [3.8, 4) is 0 Å². The Bertz CT molecular complexity index is 639. The third-order valence-corrected chi connectivity index (χ3v) is 3.40. The summed E-state index contributed by atoms with van der Waals surface area (Å²) in [7, 11) is 0. The van der Waals surface area contributed by atoms with E-state index >= 15 is 0 Å². The van der Waals surface area contributed by atoms with Gasteiger partial charge in [-0.15, -0.1) is 0 Å². The molecule has 1 aliphatic heterocycles. The summed E-state index contributed by atoms with van der Waals surface area (Å²) in [5.74, 6) is 0.618. The second kappa shape index (κ2) is 5.46. The van der Waals surface area contributed by atoms with Crippen molar-refractivity contribution in [1.82, 2.24) is 9.97 Å². The molecule has 0 saturated carbocycles. The summed E-state index contributed by atoms with van der Waals surface area (Å²) in [5.41, 5.74) is 1.74. The average Bonchev–Trinajstić information content (AvgIpc) is 2.47. The van der Waals surface area contributed by atoms with Gasteiger partial charge >= 0.3 is 0 Å². The van der Waals surface area contributed by atoms with Crippen molar-refractivity contribution in [3.05, 3.63) is 58.3 Å². The summed E-state index contributed by atoms with van der Waals surface area (Å²) < 4.78 is 5.77. The maximum absolute atomic E-state index is 11.5. The van der Waals surface area contributed by atoms with Gasteiger partial charge in [-0.3, -0.25) is 4.79 Å². The van der Waals surface area contributed by atoms with Crippen LogP contribution in [0.25, 0.3) is 0 Å². The van der Waals surface area contributed by atoms with Gasteiger partial charge in [-0.1, -0.05) is 18.2 Å². The normalized spacial score (nSPS) is 19.1. The number of hydrogen-bond donors (Lipinski definition) is 1. The fourth-order valence-corrected chi connectivity index (χ4v) is 2.47. The van der Waals surface area contributed by atoms with Crippen molar-refractivity contribution in [3.63, 3.8) is 0 Å². The predicted molar refractivity (Wildman–Crippen MR) is 76.9 cm³/mol. The van der Waals surface area contributed by atoms with E-state index in [1.165, 1.54) is 11.8 Å². The van der Waals surface area contributed by atoms with Crippen molar-refractivity contribution in [2.45, 2.75) is 13.0 Å². The van der Waals surface area contributed by atoms with Gasteiger partial charge in [0.25, 0.3) is 5.56 Å². The number of aromatic nitrogens is 2. The second-order valence-corrected chi connectivity index (χ2v) is 4.90. The highest BCUT2D eigenvalue weighted by atomic mass is 16.5. The lowest BCUT2D eigenvalue weighted by Gasteiger charge is -2.34. The lowest BCUT2D eigenvalue weighted by molar-refractivity contribution is 0.0368. The lowest BCUT2D eigenvalue weighted by atomic mass is 10.1. The SMILES string of the molecule is Cc1nc([C@@H]2CN(c3ccccc3)CCO2)cc(=O)[nH]1. The summed E-state index contributed by atoms with van der Waals surface area (Å²) in [6, 6.07) is 11.7. The van der Waals surface area contributed by atoms with Crippen LogP contribution in [0.4, 0.5) is 5.69 Å². The first kappa shape index (κ1) is 12.9. The average molecular weight is 271 g/mol. The third-order valence-electron chi connectivity index (χ3n) is 3.40. The van der Waals surface area contributed by atoms with Crippen LogP contribution in [0.2, 0.25) is 0 Å². The van der Waals surface area contributed by atoms with Gasteiger partial charge in [0.15, 0.2) is 0 Å². The summed E-state index contributed by atoms with van der Waals surface area (Å²) in [5, 5.41) is 0. The molecule has 3 rings (SSSR count). The minimum Gasteiger partial charge on any atom is -0.368 e. The monoisotopic (exact) mass is 271 g/mol. The van der Waals surface area contributed by atoms with Crippen LogP contribution < -0.4 is 10.5 Å². The Labute approximate surface area is 117 Å². The molecule has 20 heavy (non-hydrogen) atoms. The van der Waals surface area contributed by atoms with E-state index in [4.69, 9.17) is 4.74 Å². The molecule has 1 aromatic carbocycles. The number of morpholine rings is 1. The highest BCUT2D eigenvalue weighted by molar-refractivity contribution is 5.46. The van der Waals surface area contributed by atoms with Crippen molar-refractivity contribution in [2.24, 2.45) is 0 Å². The maximum atomic E-state index is 11.5. The van der Waals surface area contributed by atoms with Crippen LogP contribution >= 0.6 is 0 Å². The molecule has 2 aromatic rings. The van der Waals surface area contributed by atoms with Gasteiger partial charge in [0.05, 0.1) is 12.3 Å². The Balaban J connectivity index is 1.83. The number of aromatic amines is 1. The molecule has 1 fully saturated rings. The first-order valence-corrected chi connectivity index (χ1v) is 6.72. The molecule has 5 nitrogen and oxygen atoms in total. The van der Waals surface area contributed by atoms with Gasteiger partial charge in [-0.25, -0.2) is 4.98 Å². The minimum absolute atomic E-state index is 0.132. The number of H-pyrrole nitrogens is 1.